The van der Waals surface area contributed by atoms with Crippen LogP contribution in [0.1, 0.15) is 41.6 Å². The Bertz CT molecular complexity index is 2350. The van der Waals surface area contributed by atoms with Crippen molar-refractivity contribution in [3.8, 4) is 29.0 Å². The van der Waals surface area contributed by atoms with Crippen molar-refractivity contribution < 1.29 is 0 Å². The Morgan fingerprint density at radius 3 is 1.82 bits per heavy atom. The molecule has 0 fully saturated rings. The average molecular weight is 644 g/mol. The third kappa shape index (κ3) is 4.85. The van der Waals surface area contributed by atoms with Crippen molar-refractivity contribution in [2.45, 2.75) is 19.3 Å². The molecule has 0 saturated carbocycles. The Labute approximate surface area is 288 Å². The first-order chi connectivity index (χ1) is 24.1. The van der Waals surface area contributed by atoms with Gasteiger partial charge in [0, 0.05) is 22.6 Å². The molecule has 1 aliphatic carbocycles. The number of allylic oxidation sites excluding steroid dienone is 1. The summed E-state index contributed by atoms with van der Waals surface area (Å²) in [6.07, 6.45) is 5.41. The molecule has 233 valence electrons. The molecule has 4 heteroatoms. The van der Waals surface area contributed by atoms with Crippen LogP contribution in [0.25, 0.3) is 33.8 Å². The summed E-state index contributed by atoms with van der Waals surface area (Å²) in [5.74, 6) is 0.295. The molecule has 49 heavy (non-hydrogen) atoms. The highest BCUT2D eigenvalue weighted by atomic mass is 28.3. The van der Waals surface area contributed by atoms with Crippen LogP contribution >= 0.6 is 0 Å². The van der Waals surface area contributed by atoms with E-state index in [4.69, 9.17) is 0 Å². The largest absolute Gasteiger partial charge is 0.311 e. The molecule has 0 bridgehead atoms. The number of nitriles is 2. The van der Waals surface area contributed by atoms with Crippen molar-refractivity contribution in [1.29, 1.82) is 10.5 Å². The molecular weight excluding hydrogens is 611 g/mol. The van der Waals surface area contributed by atoms with E-state index in [2.05, 4.69) is 175 Å². The molecule has 1 heterocycles. The second-order valence-corrected chi connectivity index (χ2v) is 16.6. The molecule has 0 N–H and O–H groups in total. The van der Waals surface area contributed by atoms with Crippen LogP contribution in [0.2, 0.25) is 0 Å². The molecule has 0 spiro atoms. The number of hydrogen-bond donors (Lipinski definition) is 0. The number of hydrogen-bond acceptors (Lipinski definition) is 2. The maximum Gasteiger partial charge on any atom is 0.101 e. The standard InChI is InChI=1S/C45H33N3Si/c1-32-14-13-22-42-41-21-11-12-23-43(41)48(45(32)42)44-29-33(24-25-34(44)30-46)40-27-26-39(28-35(40)31-47)49(36-15-5-2-6-16-36,37-17-7-3-8-18-37)38-19-9-4-10-20-38/h2-13,15-29,32H,14H2,1H3/q-1. The van der Waals surface area contributed by atoms with Gasteiger partial charge in [0.2, 0.25) is 0 Å². The fraction of sp³-hybridized carbons (Fsp3) is 0.0667. The van der Waals surface area contributed by atoms with Crippen LogP contribution in [-0.2, 0) is 0 Å². The summed E-state index contributed by atoms with van der Waals surface area (Å²) in [7, 11) is -2.80. The molecule has 1 unspecified atom stereocenters. The SMILES string of the molecule is CC1CC=Cc2c1n(-c1cc(-c3ccc([Si-](c4ccccc4)(c4ccccc4)c4ccccc4)cc3C#N)ccc1C#N)c1ccccc21. The van der Waals surface area contributed by atoms with Gasteiger partial charge in [0.25, 0.3) is 0 Å². The van der Waals surface area contributed by atoms with Gasteiger partial charge in [0.1, 0.15) is 6.07 Å². The Kier molecular flexibility index (Phi) is 7.65. The van der Waals surface area contributed by atoms with E-state index in [1.165, 1.54) is 32.2 Å². The number of aromatic nitrogens is 1. The molecule has 8 rings (SSSR count). The molecule has 3 nitrogen and oxygen atoms in total. The van der Waals surface area contributed by atoms with Crippen molar-refractivity contribution in [3.05, 3.63) is 180 Å². The second-order valence-electron chi connectivity index (χ2n) is 12.8. The predicted molar refractivity (Wildman–Crippen MR) is 204 cm³/mol. The van der Waals surface area contributed by atoms with Gasteiger partial charge in [-0.25, -0.2) is 0 Å². The van der Waals surface area contributed by atoms with Crippen molar-refractivity contribution in [1.82, 2.24) is 4.57 Å². The van der Waals surface area contributed by atoms with E-state index in [-0.39, 0.29) is 0 Å². The molecular formula is C45H33N3Si-. The zero-order chi connectivity index (χ0) is 33.4. The second kappa shape index (κ2) is 12.4. The lowest BCUT2D eigenvalue weighted by Crippen LogP contribution is -2.74. The third-order valence-electron chi connectivity index (χ3n) is 10.1. The molecule has 0 saturated heterocycles. The monoisotopic (exact) mass is 643 g/mol. The minimum Gasteiger partial charge on any atom is -0.311 e. The maximum absolute atomic E-state index is 10.8. The van der Waals surface area contributed by atoms with Crippen LogP contribution in [0.4, 0.5) is 0 Å². The van der Waals surface area contributed by atoms with E-state index < -0.39 is 8.07 Å². The van der Waals surface area contributed by atoms with Crippen molar-refractivity contribution in [2.24, 2.45) is 0 Å². The summed E-state index contributed by atoms with van der Waals surface area (Å²) in [6.45, 7) is 2.25. The summed E-state index contributed by atoms with van der Waals surface area (Å²) in [5, 5.41) is 27.2. The van der Waals surface area contributed by atoms with Crippen molar-refractivity contribution in [3.63, 3.8) is 0 Å². The van der Waals surface area contributed by atoms with Crippen LogP contribution in [0.15, 0.2) is 158 Å². The number of rotatable bonds is 6. The molecule has 0 amide bonds. The minimum atomic E-state index is -2.80. The molecule has 1 aromatic heterocycles. The highest BCUT2D eigenvalue weighted by Crippen LogP contribution is 2.40. The van der Waals surface area contributed by atoms with Gasteiger partial charge in [-0.1, -0.05) is 153 Å². The molecule has 6 aromatic carbocycles. The van der Waals surface area contributed by atoms with Gasteiger partial charge >= 0.3 is 0 Å². The lowest BCUT2D eigenvalue weighted by molar-refractivity contribution is 0.723. The number of fused-ring (bicyclic) bond motifs is 3. The maximum atomic E-state index is 10.8. The predicted octanol–water partition coefficient (Wildman–Crippen LogP) is 7.94. The molecule has 0 radical (unpaired) electrons. The Hall–Kier alpha value is -6.20. The average Bonchev–Trinajstić information content (AvgIpc) is 3.51. The van der Waals surface area contributed by atoms with Gasteiger partial charge in [-0.3, -0.25) is 0 Å². The smallest absolute Gasteiger partial charge is 0.101 e. The zero-order valence-corrected chi connectivity index (χ0v) is 28.2. The molecule has 1 aliphatic rings. The number of para-hydroxylation sites is 1. The van der Waals surface area contributed by atoms with E-state index in [1.807, 2.05) is 12.1 Å². The first-order valence-electron chi connectivity index (χ1n) is 16.7. The summed E-state index contributed by atoms with van der Waals surface area (Å²) >= 11 is 0. The Morgan fingerprint density at radius 1 is 0.612 bits per heavy atom. The van der Waals surface area contributed by atoms with Crippen molar-refractivity contribution in [2.75, 3.05) is 0 Å². The van der Waals surface area contributed by atoms with Gasteiger partial charge in [0.05, 0.1) is 28.4 Å². The third-order valence-corrected chi connectivity index (χ3v) is 14.8. The van der Waals surface area contributed by atoms with E-state index >= 15 is 0 Å². The minimum absolute atomic E-state index is 0.295. The van der Waals surface area contributed by atoms with Gasteiger partial charge in [-0.15, -0.1) is 0 Å². The number of benzene rings is 6. The highest BCUT2D eigenvalue weighted by Gasteiger charge is 2.29. The van der Waals surface area contributed by atoms with Crippen molar-refractivity contribution >= 4 is 45.8 Å². The zero-order valence-electron chi connectivity index (χ0n) is 27.2. The summed E-state index contributed by atoms with van der Waals surface area (Å²) in [5.41, 5.74) is 7.35. The van der Waals surface area contributed by atoms with Crippen LogP contribution in [0.5, 0.6) is 0 Å². The number of nitrogens with zero attached hydrogens (tertiary/aromatic N) is 3. The summed E-state index contributed by atoms with van der Waals surface area (Å²) in [4.78, 5) is 0. The fourth-order valence-electron chi connectivity index (χ4n) is 7.87. The van der Waals surface area contributed by atoms with E-state index in [0.29, 0.717) is 17.0 Å². The van der Waals surface area contributed by atoms with E-state index in [9.17, 15) is 10.5 Å². The summed E-state index contributed by atoms with van der Waals surface area (Å²) < 4.78 is 2.28. The first-order valence-corrected chi connectivity index (χ1v) is 18.7. The van der Waals surface area contributed by atoms with Crippen LogP contribution < -0.4 is 20.7 Å². The Morgan fingerprint density at radius 2 is 1.20 bits per heavy atom. The summed E-state index contributed by atoms with van der Waals surface area (Å²) in [6, 6.07) is 58.2. The molecule has 1 atom stereocenters. The quantitative estimate of drug-likeness (QED) is 0.137. The van der Waals surface area contributed by atoms with Gasteiger partial charge in [-0.05, 0) is 43.8 Å². The van der Waals surface area contributed by atoms with Gasteiger partial charge in [-0.2, -0.15) is 31.3 Å². The highest BCUT2D eigenvalue weighted by molar-refractivity contribution is 7.19. The fourth-order valence-corrected chi connectivity index (χ4v) is 12.6. The molecule has 7 aromatic rings. The van der Waals surface area contributed by atoms with Gasteiger partial charge < -0.3 is 4.57 Å². The topological polar surface area (TPSA) is 52.5 Å². The van der Waals surface area contributed by atoms with Crippen LogP contribution in [-0.4, -0.2) is 12.6 Å². The van der Waals surface area contributed by atoms with Crippen LogP contribution in [0, 0.1) is 22.7 Å². The van der Waals surface area contributed by atoms with E-state index in [1.54, 1.807) is 0 Å². The van der Waals surface area contributed by atoms with Gasteiger partial charge in [0.15, 0.2) is 0 Å². The first kappa shape index (κ1) is 30.2. The molecule has 0 aliphatic heterocycles. The van der Waals surface area contributed by atoms with Crippen LogP contribution in [0.3, 0.4) is 0 Å². The normalized spacial score (nSPS) is 13.8. The van der Waals surface area contributed by atoms with E-state index in [0.717, 1.165) is 33.9 Å². The lowest BCUT2D eigenvalue weighted by Gasteiger charge is -2.47. The lowest BCUT2D eigenvalue weighted by atomic mass is 9.93. The Balaban J connectivity index is 1.36.